The molecule has 20 rings (SSSR count). The number of hydrogen-bond acceptors (Lipinski definition) is 26. The molecule has 32 heteroatoms. The molecule has 12 aromatic rings. The van der Waals surface area contributed by atoms with Gasteiger partial charge in [0.15, 0.2) is 46.5 Å². The van der Waals surface area contributed by atoms with Crippen molar-refractivity contribution in [2.75, 3.05) is 49.1 Å². The Labute approximate surface area is 778 Å². The first-order valence-electron chi connectivity index (χ1n) is 45.9. The first kappa shape index (κ1) is 87.0. The third-order valence-corrected chi connectivity index (χ3v) is 31.7. The van der Waals surface area contributed by atoms with Crippen molar-refractivity contribution in [3.8, 4) is 39.4 Å². The number of halogens is 2. The molecule has 28 nitrogen and oxygen atoms in total. The number of amides is 2. The van der Waals surface area contributed by atoms with Crippen molar-refractivity contribution in [1.29, 1.82) is 10.5 Å². The molecule has 4 saturated carbocycles. The van der Waals surface area contributed by atoms with Gasteiger partial charge in [-0.15, -0.1) is 63.5 Å². The molecule has 0 radical (unpaired) electrons. The van der Waals surface area contributed by atoms with Crippen molar-refractivity contribution in [3.05, 3.63) is 250 Å². The Morgan fingerprint density at radius 3 is 1.78 bits per heavy atom. The highest BCUT2D eigenvalue weighted by molar-refractivity contribution is 7.15. The number of thiophene rings is 2. The van der Waals surface area contributed by atoms with Gasteiger partial charge in [-0.2, -0.15) is 10.5 Å². The van der Waals surface area contributed by atoms with E-state index in [-0.39, 0.29) is 47.6 Å². The third-order valence-electron chi connectivity index (χ3n) is 28.6. The van der Waals surface area contributed by atoms with Crippen molar-refractivity contribution in [2.24, 2.45) is 15.4 Å². The Kier molecular flexibility index (Phi) is 24.3. The fourth-order valence-electron chi connectivity index (χ4n) is 20.8. The Morgan fingerprint density at radius 1 is 0.595 bits per heavy atom. The highest BCUT2D eigenvalue weighted by Gasteiger charge is 2.49. The maximum Gasteiger partial charge on any atom is 0.272 e. The summed E-state index contributed by atoms with van der Waals surface area (Å²) in [5.41, 5.74) is 9.99. The summed E-state index contributed by atoms with van der Waals surface area (Å²) in [7, 11) is 0. The van der Waals surface area contributed by atoms with Gasteiger partial charge in [0.25, 0.3) is 11.8 Å². The van der Waals surface area contributed by atoms with Crippen LogP contribution in [0.3, 0.4) is 0 Å². The third kappa shape index (κ3) is 17.6. The molecule has 131 heavy (non-hydrogen) atoms. The lowest BCUT2D eigenvalue weighted by molar-refractivity contribution is -0.0311. The van der Waals surface area contributed by atoms with E-state index in [1.807, 2.05) is 32.2 Å². The van der Waals surface area contributed by atoms with E-state index in [0.29, 0.717) is 92.2 Å². The molecule has 12 heterocycles. The topological polar surface area (TPSA) is 333 Å². The Bertz CT molecular complexity index is 6390. The highest BCUT2D eigenvalue weighted by Crippen LogP contribution is 2.53. The smallest absolute Gasteiger partial charge is 0.272 e. The Hall–Kier alpha value is -12.1. The molecule has 0 bridgehead atoms. The van der Waals surface area contributed by atoms with Crippen LogP contribution in [0.15, 0.2) is 147 Å². The maximum absolute atomic E-state index is 13.4. The van der Waals surface area contributed by atoms with Gasteiger partial charge in [-0.25, -0.2) is 9.97 Å². The lowest BCUT2D eigenvalue weighted by Crippen LogP contribution is -2.51. The number of aromatic nitrogens is 12. The monoisotopic (exact) mass is 1830 g/mol. The number of anilines is 2. The first-order chi connectivity index (χ1) is 63.6. The van der Waals surface area contributed by atoms with E-state index in [4.69, 9.17) is 81.6 Å². The van der Waals surface area contributed by atoms with Gasteiger partial charge in [0, 0.05) is 108 Å². The first-order valence-corrected chi connectivity index (χ1v) is 48.3. The molecular formula is C99H103Cl2N21O7S2. The molecule has 6 fully saturated rings. The quantitative estimate of drug-likeness (QED) is 0.0636. The van der Waals surface area contributed by atoms with Gasteiger partial charge in [-0.1, -0.05) is 54.4 Å². The number of aliphatic imine (C=N–C) groups is 2. The predicted molar refractivity (Wildman–Crippen MR) is 500 cm³/mol. The van der Waals surface area contributed by atoms with Gasteiger partial charge in [-0.3, -0.25) is 33.6 Å². The minimum atomic E-state index is -1.01. The van der Waals surface area contributed by atoms with Gasteiger partial charge < -0.3 is 43.5 Å². The van der Waals surface area contributed by atoms with E-state index in [1.165, 1.54) is 10.4 Å². The maximum atomic E-state index is 13.4. The second-order valence-electron chi connectivity index (χ2n) is 36.8. The summed E-state index contributed by atoms with van der Waals surface area (Å²) in [6.07, 6.45) is 21.8. The molecule has 8 aliphatic rings. The number of benzene rings is 4. The summed E-state index contributed by atoms with van der Waals surface area (Å²) in [5.74, 6) is 8.02. The van der Waals surface area contributed by atoms with E-state index in [0.717, 1.165) is 243 Å². The van der Waals surface area contributed by atoms with Gasteiger partial charge >= 0.3 is 0 Å². The van der Waals surface area contributed by atoms with Crippen LogP contribution < -0.4 is 34.6 Å². The molecule has 4 aromatic carbocycles. The molecule has 4 aliphatic heterocycles. The second-order valence-corrected chi connectivity index (χ2v) is 39.9. The van der Waals surface area contributed by atoms with Crippen LogP contribution in [0.1, 0.15) is 263 Å². The summed E-state index contributed by atoms with van der Waals surface area (Å²) in [4.78, 5) is 57.6. The molecule has 1 unspecified atom stereocenters. The number of aryl methyl sites for hydroxylation is 3. The number of piperidine rings is 1. The van der Waals surface area contributed by atoms with Crippen LogP contribution in [0.4, 0.5) is 11.6 Å². The number of ether oxygens (including phenoxy) is 3. The number of nitriles is 2. The van der Waals surface area contributed by atoms with Crippen molar-refractivity contribution in [3.63, 3.8) is 0 Å². The molecule has 2 N–H and O–H groups in total. The van der Waals surface area contributed by atoms with Crippen LogP contribution in [-0.4, -0.2) is 164 Å². The highest BCUT2D eigenvalue weighted by atomic mass is 35.5. The van der Waals surface area contributed by atoms with Gasteiger partial charge in [0.1, 0.15) is 74.6 Å². The average molecular weight is 1830 g/mol. The van der Waals surface area contributed by atoms with E-state index in [9.17, 15) is 20.1 Å². The van der Waals surface area contributed by atoms with Gasteiger partial charge in [0.2, 0.25) is 0 Å². The van der Waals surface area contributed by atoms with Gasteiger partial charge in [-0.05, 0) is 252 Å². The summed E-state index contributed by atoms with van der Waals surface area (Å²) >= 11 is 15.9. The Morgan fingerprint density at radius 2 is 1.18 bits per heavy atom. The normalized spacial score (nSPS) is 22.2. The summed E-state index contributed by atoms with van der Waals surface area (Å²) < 4.78 is 36.4. The van der Waals surface area contributed by atoms with E-state index < -0.39 is 17.5 Å². The van der Waals surface area contributed by atoms with Crippen LogP contribution in [0.2, 0.25) is 10.0 Å². The molecule has 3 atom stereocenters. The summed E-state index contributed by atoms with van der Waals surface area (Å²) in [5, 5.41) is 64.8. The standard InChI is InChI=1S/C99H103Cl2N21O7S2/c1-56-59(4)130-96-87(56)90(65-15-25-71(26-16-65)128-77-51-99(52-77)37-42-120(43-38-99)85-36-34-81(113-115-85)93(124)107-69-21-31-73(32-22-69)127-75-28-18-67(54-103)79(101)48-75)109-98(7,97-117-111-61(6)122(96)97)58(3)94-105-55-76(129-94)49-83-57(2)88-89(108-82(50-86-104-39-46-125-86)91-116-110-60(5)121(91)95(88)131-83)64-11-9-62(10-12-64)63-13-23-70(24-14-63)118-40-8-41-119(45-44-118)84-35-33-80(112-114-84)92(123)106-68-19-29-72(30-20-68)126-74-27-17-66(53-102)78(100)47-74/h9-12,15-18,25-28,33-36,39,46-48,55,58,63,68-70,72-73,77,82H,8,13-14,19-24,29-32,37-38,40-45,49-52H2,1-7H3,(H,106,123)(H,107,124)/t58?,63?,68?,69?,70?,72?,73?,82-,98+/m1/s1. The second kappa shape index (κ2) is 36.6. The van der Waals surface area contributed by atoms with E-state index >= 15 is 0 Å². The minimum absolute atomic E-state index is 0.00165. The van der Waals surface area contributed by atoms with Crippen LogP contribution in [0.25, 0.3) is 10.0 Å². The predicted octanol–water partition coefficient (Wildman–Crippen LogP) is 18.0. The van der Waals surface area contributed by atoms with Crippen molar-refractivity contribution in [2.45, 2.75) is 230 Å². The lowest BCUT2D eigenvalue weighted by atomic mass is 9.61. The number of nitrogens with zero attached hydrogens (tertiary/aromatic N) is 19. The zero-order chi connectivity index (χ0) is 89.9. The molecule has 4 aliphatic carbocycles. The van der Waals surface area contributed by atoms with E-state index in [2.05, 4.69) is 155 Å². The fraction of sp³-hybridized carbons (Fsp3) is 0.434. The minimum Gasteiger partial charge on any atom is -0.490 e. The summed E-state index contributed by atoms with van der Waals surface area (Å²) in [6.45, 7) is 20.2. The lowest BCUT2D eigenvalue weighted by Gasteiger charge is -2.51. The number of carbonyl (C=O) groups excluding carboxylic acids is 2. The number of carbonyl (C=O) groups is 2. The molecule has 672 valence electrons. The number of oxazole rings is 2. The van der Waals surface area contributed by atoms with Crippen molar-refractivity contribution in [1.82, 2.24) is 75.4 Å². The van der Waals surface area contributed by atoms with Crippen LogP contribution in [0.5, 0.6) is 17.2 Å². The van der Waals surface area contributed by atoms with E-state index in [1.54, 1.807) is 83.7 Å². The average Bonchev–Trinajstić information content (AvgIpc) is 1.53. The van der Waals surface area contributed by atoms with Crippen molar-refractivity contribution >= 4 is 80.7 Å². The molecule has 2 amide bonds. The number of hydrogen-bond donors (Lipinski definition) is 2. The SMILES string of the molecule is Cc1sc2c(c1C)C(c1ccc(OC3CC4(CCN(c5ccc(C(=O)NC6CCC(Oc7ccc(C#N)c(Cl)c7)CC6)nn5)CC4)C3)cc1)=N[C@@](C)(C(C)c1ncc(Cc3sc4c(c3C)C(c3ccc(C5CCC(N6CCCN(c7ccc(C(=O)NC8CCC(Oc9ccc(C#N)c(Cl)c9)CC8)nn7)CC6)CC5)cc3)=N[C@H](Cc3ncco3)c3nnc(C)n3-4)o1)c1nnc(C)n1-2. The van der Waals surface area contributed by atoms with Crippen LogP contribution in [0, 0.1) is 62.7 Å². The molecule has 8 aromatic heterocycles. The largest absolute Gasteiger partial charge is 0.490 e. The number of rotatable bonds is 22. The Balaban J connectivity index is 0.471. The zero-order valence-corrected chi connectivity index (χ0v) is 77.6. The van der Waals surface area contributed by atoms with Crippen LogP contribution in [-0.2, 0) is 18.4 Å². The van der Waals surface area contributed by atoms with Crippen LogP contribution >= 0.6 is 45.9 Å². The molecule has 2 saturated heterocycles. The zero-order valence-electron chi connectivity index (χ0n) is 74.4. The molecule has 1 spiro atoms. The fourth-order valence-corrected chi connectivity index (χ4v) is 23.8. The van der Waals surface area contributed by atoms with Gasteiger partial charge in [0.05, 0.1) is 75.6 Å². The number of fused-ring (bicyclic) bond motifs is 6. The van der Waals surface area contributed by atoms with Crippen molar-refractivity contribution < 1.29 is 32.6 Å². The summed E-state index contributed by atoms with van der Waals surface area (Å²) in [6, 6.07) is 39.6. The number of nitrogens with one attached hydrogen (secondary N) is 2. The molecular weight excluding hydrogens is 1730 g/mol.